The molecule has 1 saturated heterocycles. The van der Waals surface area contributed by atoms with Crippen molar-refractivity contribution in [3.8, 4) is 0 Å². The number of unbranched alkanes of at least 4 members (excludes halogenated alkanes) is 1. The number of hydrogen-bond acceptors (Lipinski definition) is 6. The van der Waals surface area contributed by atoms with E-state index in [-0.39, 0.29) is 6.61 Å². The molecule has 2 atom stereocenters. The fourth-order valence-corrected chi connectivity index (χ4v) is 18.9. The van der Waals surface area contributed by atoms with Gasteiger partial charge in [-0.1, -0.05) is 19.8 Å². The zero-order valence-electron chi connectivity index (χ0n) is 19.8. The SMILES string of the molecule is CCCC[Si](C)(CCCOCCO)O[Si](C)(C)O[Si](C)(C)CCCOCC1CO1. The molecule has 0 spiro atoms. The number of aliphatic hydroxyl groups excluding tert-OH is 1. The summed E-state index contributed by atoms with van der Waals surface area (Å²) < 4.78 is 29.9. The highest BCUT2D eigenvalue weighted by Gasteiger charge is 2.41. The van der Waals surface area contributed by atoms with E-state index in [9.17, 15) is 0 Å². The summed E-state index contributed by atoms with van der Waals surface area (Å²) in [6, 6.07) is 3.38. The van der Waals surface area contributed by atoms with E-state index in [0.717, 1.165) is 44.8 Å². The quantitative estimate of drug-likeness (QED) is 0.172. The van der Waals surface area contributed by atoms with Crippen molar-refractivity contribution >= 4 is 25.2 Å². The Balaban J connectivity index is 2.45. The molecule has 0 amide bonds. The van der Waals surface area contributed by atoms with Crippen LogP contribution in [0.25, 0.3) is 0 Å². The molecule has 29 heavy (non-hydrogen) atoms. The van der Waals surface area contributed by atoms with Gasteiger partial charge in [0.1, 0.15) is 6.10 Å². The van der Waals surface area contributed by atoms with E-state index in [1.54, 1.807) is 0 Å². The Bertz CT molecular complexity index is 434. The Hall–Kier alpha value is 0.411. The average Bonchev–Trinajstić information content (AvgIpc) is 3.42. The summed E-state index contributed by atoms with van der Waals surface area (Å²) in [5.41, 5.74) is 0. The lowest BCUT2D eigenvalue weighted by Crippen LogP contribution is -2.53. The van der Waals surface area contributed by atoms with E-state index < -0.39 is 25.2 Å². The van der Waals surface area contributed by atoms with Gasteiger partial charge in [0.05, 0.1) is 26.4 Å². The monoisotopic (exact) mass is 466 g/mol. The number of ether oxygens (including phenoxy) is 3. The molecule has 9 heteroatoms. The van der Waals surface area contributed by atoms with E-state index in [0.29, 0.717) is 19.3 Å². The zero-order chi connectivity index (χ0) is 21.8. The molecule has 0 aliphatic carbocycles. The maximum atomic E-state index is 8.86. The lowest BCUT2D eigenvalue weighted by molar-refractivity contribution is 0.0923. The summed E-state index contributed by atoms with van der Waals surface area (Å²) in [6.07, 6.45) is 4.80. The van der Waals surface area contributed by atoms with Crippen LogP contribution >= 0.6 is 0 Å². The number of hydrogen-bond donors (Lipinski definition) is 1. The van der Waals surface area contributed by atoms with Crippen molar-refractivity contribution in [3.05, 3.63) is 0 Å². The van der Waals surface area contributed by atoms with E-state index in [2.05, 4.69) is 39.7 Å². The minimum atomic E-state index is -2.19. The van der Waals surface area contributed by atoms with Crippen LogP contribution in [0.3, 0.4) is 0 Å². The van der Waals surface area contributed by atoms with Crippen molar-refractivity contribution < 1.29 is 27.5 Å². The van der Waals surface area contributed by atoms with E-state index in [4.69, 9.17) is 27.5 Å². The van der Waals surface area contributed by atoms with Crippen molar-refractivity contribution in [2.45, 2.75) is 89.6 Å². The topological polar surface area (TPSA) is 69.7 Å². The Morgan fingerprint density at radius 2 is 1.48 bits per heavy atom. The zero-order valence-corrected chi connectivity index (χ0v) is 22.8. The Labute approximate surface area is 182 Å². The van der Waals surface area contributed by atoms with Crippen LogP contribution < -0.4 is 0 Å². The minimum Gasteiger partial charge on any atom is -0.437 e. The van der Waals surface area contributed by atoms with Crippen molar-refractivity contribution in [2.75, 3.05) is 39.6 Å². The van der Waals surface area contributed by atoms with Gasteiger partial charge >= 0.3 is 8.56 Å². The molecule has 1 aliphatic rings. The highest BCUT2D eigenvalue weighted by Crippen LogP contribution is 2.29. The maximum Gasteiger partial charge on any atom is 0.311 e. The summed E-state index contributed by atoms with van der Waals surface area (Å²) in [7, 11) is -5.82. The molecule has 0 aromatic heterocycles. The number of aliphatic hydroxyl groups is 1. The van der Waals surface area contributed by atoms with Crippen molar-refractivity contribution in [3.63, 3.8) is 0 Å². The van der Waals surface area contributed by atoms with Gasteiger partial charge in [0.15, 0.2) is 16.6 Å². The van der Waals surface area contributed by atoms with Gasteiger partial charge < -0.3 is 27.5 Å². The Kier molecular flexibility index (Phi) is 13.0. The molecular weight excluding hydrogens is 420 g/mol. The van der Waals surface area contributed by atoms with Gasteiger partial charge in [0.25, 0.3) is 0 Å². The highest BCUT2D eigenvalue weighted by molar-refractivity contribution is 6.88. The largest absolute Gasteiger partial charge is 0.437 e. The first kappa shape index (κ1) is 27.4. The molecule has 6 nitrogen and oxygen atoms in total. The van der Waals surface area contributed by atoms with E-state index >= 15 is 0 Å². The van der Waals surface area contributed by atoms with E-state index in [1.165, 1.54) is 18.9 Å². The van der Waals surface area contributed by atoms with Crippen molar-refractivity contribution in [1.82, 2.24) is 0 Å². The maximum absolute atomic E-state index is 8.86. The van der Waals surface area contributed by atoms with Crippen LogP contribution in [0.4, 0.5) is 0 Å². The fourth-order valence-electron chi connectivity index (χ4n) is 3.80. The molecule has 1 fully saturated rings. The van der Waals surface area contributed by atoms with Gasteiger partial charge in [0, 0.05) is 13.2 Å². The van der Waals surface area contributed by atoms with Crippen LogP contribution in [-0.2, 0) is 22.4 Å². The van der Waals surface area contributed by atoms with Gasteiger partial charge in [-0.25, -0.2) is 0 Å². The van der Waals surface area contributed by atoms with Gasteiger partial charge in [-0.05, 0) is 63.7 Å². The summed E-state index contributed by atoms with van der Waals surface area (Å²) in [4.78, 5) is 0. The summed E-state index contributed by atoms with van der Waals surface area (Å²) in [6.45, 7) is 17.3. The predicted octanol–water partition coefficient (Wildman–Crippen LogP) is 4.51. The number of rotatable bonds is 19. The molecular formula is C20H46O6Si3. The molecule has 0 aromatic rings. The molecule has 1 N–H and O–H groups in total. The minimum absolute atomic E-state index is 0.0912. The highest BCUT2D eigenvalue weighted by atomic mass is 28.5. The van der Waals surface area contributed by atoms with Crippen molar-refractivity contribution in [2.24, 2.45) is 0 Å². The second-order valence-electron chi connectivity index (χ2n) is 9.49. The molecule has 1 aliphatic heterocycles. The van der Waals surface area contributed by atoms with Crippen LogP contribution in [0.5, 0.6) is 0 Å². The summed E-state index contributed by atoms with van der Waals surface area (Å²) in [5.74, 6) is 0. The fraction of sp³-hybridized carbons (Fsp3) is 1.00. The summed E-state index contributed by atoms with van der Waals surface area (Å²) in [5, 5.41) is 8.86. The van der Waals surface area contributed by atoms with Crippen molar-refractivity contribution in [1.29, 1.82) is 0 Å². The second-order valence-corrected chi connectivity index (χ2v) is 21.8. The van der Waals surface area contributed by atoms with Crippen LogP contribution in [0.2, 0.25) is 50.9 Å². The molecule has 1 rings (SSSR count). The molecule has 0 aromatic carbocycles. The molecule has 0 bridgehead atoms. The average molecular weight is 467 g/mol. The normalized spacial score (nSPS) is 19.3. The molecule has 0 saturated carbocycles. The molecule has 174 valence electrons. The molecule has 0 radical (unpaired) electrons. The van der Waals surface area contributed by atoms with Crippen LogP contribution in [-0.4, -0.2) is 76.0 Å². The first-order chi connectivity index (χ1) is 13.6. The second kappa shape index (κ2) is 13.7. The van der Waals surface area contributed by atoms with Gasteiger partial charge in [-0.2, -0.15) is 0 Å². The predicted molar refractivity (Wildman–Crippen MR) is 126 cm³/mol. The smallest absolute Gasteiger partial charge is 0.311 e. The molecule has 2 unspecified atom stereocenters. The third-order valence-corrected chi connectivity index (χ3v) is 17.6. The first-order valence-electron chi connectivity index (χ1n) is 11.4. The van der Waals surface area contributed by atoms with E-state index in [1.807, 2.05) is 0 Å². The van der Waals surface area contributed by atoms with Crippen LogP contribution in [0.15, 0.2) is 0 Å². The third kappa shape index (κ3) is 14.2. The van der Waals surface area contributed by atoms with Crippen LogP contribution in [0, 0.1) is 0 Å². The summed E-state index contributed by atoms with van der Waals surface area (Å²) >= 11 is 0. The number of epoxide rings is 1. The Morgan fingerprint density at radius 3 is 2.10 bits per heavy atom. The third-order valence-electron chi connectivity index (χ3n) is 5.08. The van der Waals surface area contributed by atoms with Crippen LogP contribution in [0.1, 0.15) is 32.6 Å². The lowest BCUT2D eigenvalue weighted by atomic mass is 10.4. The first-order valence-corrected chi connectivity index (χ1v) is 20.2. The van der Waals surface area contributed by atoms with Gasteiger partial charge in [-0.15, -0.1) is 0 Å². The lowest BCUT2D eigenvalue weighted by Gasteiger charge is -2.40. The Morgan fingerprint density at radius 1 is 0.862 bits per heavy atom. The standard InChI is InChI=1S/C20H46O6Si3/c1-7-8-16-29(6,17-10-12-22-14-11-21)26-28(4,5)25-27(2,3)15-9-13-23-18-20-19-24-20/h20-21H,7-19H2,1-6H3. The molecule has 1 heterocycles. The van der Waals surface area contributed by atoms with Gasteiger partial charge in [0.2, 0.25) is 0 Å². The van der Waals surface area contributed by atoms with Gasteiger partial charge in [-0.3, -0.25) is 0 Å².